The Morgan fingerprint density at radius 3 is 2.84 bits per heavy atom. The number of nitrogens with two attached hydrogens (primary N) is 1. The molecule has 2 rings (SSSR count). The first-order valence-electron chi connectivity index (χ1n) is 6.52. The minimum Gasteiger partial charge on any atom is -0.508 e. The Bertz CT molecular complexity index is 476. The van der Waals surface area contributed by atoms with Crippen LogP contribution in [0.5, 0.6) is 5.75 Å². The Labute approximate surface area is 113 Å². The first kappa shape index (κ1) is 13.8. The molecule has 1 heterocycles. The highest BCUT2D eigenvalue weighted by Crippen LogP contribution is 2.20. The summed E-state index contributed by atoms with van der Waals surface area (Å²) in [6.45, 7) is 4.57. The molecule has 104 valence electrons. The molecule has 0 aromatic heterocycles. The molecule has 0 radical (unpaired) electrons. The second-order valence-corrected chi connectivity index (χ2v) is 5.15. The highest BCUT2D eigenvalue weighted by molar-refractivity contribution is 5.95. The summed E-state index contributed by atoms with van der Waals surface area (Å²) in [5.74, 6) is 0.100. The van der Waals surface area contributed by atoms with Crippen molar-refractivity contribution in [3.05, 3.63) is 29.3 Å². The summed E-state index contributed by atoms with van der Waals surface area (Å²) in [4.78, 5) is 16.5. The molecule has 5 heteroatoms. The molecule has 0 saturated carbocycles. The topological polar surface area (TPSA) is 69.8 Å². The van der Waals surface area contributed by atoms with Gasteiger partial charge in [0.1, 0.15) is 5.75 Å². The molecule has 1 amide bonds. The third-order valence-electron chi connectivity index (χ3n) is 3.67. The minimum absolute atomic E-state index is 0.0368. The molecule has 3 N–H and O–H groups in total. The number of aromatic hydroxyl groups is 1. The van der Waals surface area contributed by atoms with Crippen LogP contribution in [0, 0.1) is 6.92 Å². The van der Waals surface area contributed by atoms with E-state index < -0.39 is 0 Å². The lowest BCUT2D eigenvalue weighted by Crippen LogP contribution is -2.56. The summed E-state index contributed by atoms with van der Waals surface area (Å²) < 4.78 is 0. The summed E-state index contributed by atoms with van der Waals surface area (Å²) in [5.41, 5.74) is 7.04. The smallest absolute Gasteiger partial charge is 0.254 e. The quantitative estimate of drug-likeness (QED) is 0.811. The van der Waals surface area contributed by atoms with E-state index in [1.165, 1.54) is 6.07 Å². The molecular formula is C14H21N3O2. The van der Waals surface area contributed by atoms with E-state index in [4.69, 9.17) is 5.73 Å². The van der Waals surface area contributed by atoms with Crippen molar-refractivity contribution < 1.29 is 9.90 Å². The zero-order valence-electron chi connectivity index (χ0n) is 11.5. The number of aryl methyl sites for hydroxylation is 1. The van der Waals surface area contributed by atoms with E-state index in [0.717, 1.165) is 18.7 Å². The fourth-order valence-corrected chi connectivity index (χ4v) is 2.39. The molecule has 1 atom stereocenters. The van der Waals surface area contributed by atoms with Crippen molar-refractivity contribution in [1.29, 1.82) is 0 Å². The molecule has 1 aliphatic heterocycles. The normalized spacial score (nSPS) is 20.6. The number of hydrogen-bond acceptors (Lipinski definition) is 4. The van der Waals surface area contributed by atoms with Gasteiger partial charge in [0.05, 0.1) is 6.04 Å². The summed E-state index contributed by atoms with van der Waals surface area (Å²) in [6.07, 6.45) is 0. The number of carbonyl (C=O) groups excluding carboxylic acids is 1. The van der Waals surface area contributed by atoms with E-state index in [0.29, 0.717) is 18.7 Å². The van der Waals surface area contributed by atoms with Crippen LogP contribution >= 0.6 is 0 Å². The van der Waals surface area contributed by atoms with Gasteiger partial charge in [0.25, 0.3) is 5.91 Å². The van der Waals surface area contributed by atoms with E-state index in [-0.39, 0.29) is 17.7 Å². The van der Waals surface area contributed by atoms with Gasteiger partial charge in [-0.1, -0.05) is 6.07 Å². The van der Waals surface area contributed by atoms with Crippen molar-refractivity contribution in [2.45, 2.75) is 13.0 Å². The maximum Gasteiger partial charge on any atom is 0.254 e. The number of phenols is 1. The van der Waals surface area contributed by atoms with Crippen LogP contribution in [-0.4, -0.2) is 60.1 Å². The SMILES string of the molecule is Cc1ccc(C(=O)N2CCN(C)CC2CN)cc1O. The Kier molecular flexibility index (Phi) is 4.07. The summed E-state index contributed by atoms with van der Waals surface area (Å²) in [5, 5.41) is 9.71. The Morgan fingerprint density at radius 1 is 1.47 bits per heavy atom. The largest absolute Gasteiger partial charge is 0.508 e. The van der Waals surface area contributed by atoms with Crippen molar-refractivity contribution in [2.75, 3.05) is 33.2 Å². The number of phenolic OH excluding ortho intramolecular Hbond substituents is 1. The van der Waals surface area contributed by atoms with Gasteiger partial charge in [0, 0.05) is 31.7 Å². The third-order valence-corrected chi connectivity index (χ3v) is 3.67. The molecule has 0 spiro atoms. The predicted molar refractivity (Wildman–Crippen MR) is 74.2 cm³/mol. The van der Waals surface area contributed by atoms with Crippen molar-refractivity contribution in [1.82, 2.24) is 9.80 Å². The molecule has 5 nitrogen and oxygen atoms in total. The van der Waals surface area contributed by atoms with Crippen LogP contribution in [-0.2, 0) is 0 Å². The van der Waals surface area contributed by atoms with Crippen molar-refractivity contribution in [2.24, 2.45) is 5.73 Å². The zero-order chi connectivity index (χ0) is 14.0. The number of carbonyl (C=O) groups is 1. The second kappa shape index (κ2) is 5.59. The third kappa shape index (κ3) is 2.88. The Balaban J connectivity index is 2.20. The molecule has 1 fully saturated rings. The number of rotatable bonds is 2. The van der Waals surface area contributed by atoms with Gasteiger partial charge in [0.15, 0.2) is 0 Å². The van der Waals surface area contributed by atoms with Crippen molar-refractivity contribution >= 4 is 5.91 Å². The summed E-state index contributed by atoms with van der Waals surface area (Å²) in [7, 11) is 2.03. The van der Waals surface area contributed by atoms with Crippen LogP contribution in [0.2, 0.25) is 0 Å². The summed E-state index contributed by atoms with van der Waals surface area (Å²) in [6, 6.07) is 5.08. The molecule has 1 aromatic carbocycles. The number of nitrogens with zero attached hydrogens (tertiary/aromatic N) is 2. The van der Waals surface area contributed by atoms with Gasteiger partial charge in [-0.15, -0.1) is 0 Å². The van der Waals surface area contributed by atoms with Crippen LogP contribution in [0.25, 0.3) is 0 Å². The van der Waals surface area contributed by atoms with E-state index in [1.54, 1.807) is 12.1 Å². The van der Waals surface area contributed by atoms with E-state index in [1.807, 2.05) is 18.9 Å². The van der Waals surface area contributed by atoms with Crippen molar-refractivity contribution in [3.63, 3.8) is 0 Å². The lowest BCUT2D eigenvalue weighted by atomic mass is 10.1. The van der Waals surface area contributed by atoms with E-state index in [2.05, 4.69) is 4.90 Å². The molecule has 0 aliphatic carbocycles. The highest BCUT2D eigenvalue weighted by atomic mass is 16.3. The summed E-state index contributed by atoms with van der Waals surface area (Å²) >= 11 is 0. The standard InChI is InChI=1S/C14H21N3O2/c1-10-3-4-11(7-13(10)18)14(19)17-6-5-16(2)9-12(17)8-15/h3-4,7,12,18H,5-6,8-9,15H2,1-2H3. The van der Waals surface area contributed by atoms with Crippen LogP contribution in [0.1, 0.15) is 15.9 Å². The Morgan fingerprint density at radius 2 is 2.21 bits per heavy atom. The number of piperazine rings is 1. The van der Waals surface area contributed by atoms with Gasteiger partial charge >= 0.3 is 0 Å². The molecule has 0 bridgehead atoms. The first-order valence-corrected chi connectivity index (χ1v) is 6.52. The average molecular weight is 263 g/mol. The highest BCUT2D eigenvalue weighted by Gasteiger charge is 2.28. The monoisotopic (exact) mass is 263 g/mol. The van der Waals surface area contributed by atoms with Gasteiger partial charge < -0.3 is 20.6 Å². The molecule has 1 saturated heterocycles. The number of hydrogen-bond donors (Lipinski definition) is 2. The van der Waals surface area contributed by atoms with Crippen molar-refractivity contribution in [3.8, 4) is 5.75 Å². The van der Waals surface area contributed by atoms with Crippen LogP contribution in [0.4, 0.5) is 0 Å². The van der Waals surface area contributed by atoms with Gasteiger partial charge in [-0.05, 0) is 31.7 Å². The van der Waals surface area contributed by atoms with Gasteiger partial charge in [-0.25, -0.2) is 0 Å². The lowest BCUT2D eigenvalue weighted by Gasteiger charge is -2.39. The molecular weight excluding hydrogens is 242 g/mol. The van der Waals surface area contributed by atoms with E-state index in [9.17, 15) is 9.90 Å². The number of likely N-dealkylation sites (N-methyl/N-ethyl adjacent to an activating group) is 1. The number of amides is 1. The van der Waals surface area contributed by atoms with Gasteiger partial charge in [-0.3, -0.25) is 4.79 Å². The lowest BCUT2D eigenvalue weighted by molar-refractivity contribution is 0.0515. The first-order chi connectivity index (χ1) is 9.02. The molecule has 1 aliphatic rings. The van der Waals surface area contributed by atoms with Crippen LogP contribution in [0.15, 0.2) is 18.2 Å². The van der Waals surface area contributed by atoms with Crippen LogP contribution in [0.3, 0.4) is 0 Å². The molecule has 1 unspecified atom stereocenters. The predicted octanol–water partition coefficient (Wildman–Crippen LogP) is 0.416. The molecule has 19 heavy (non-hydrogen) atoms. The maximum absolute atomic E-state index is 12.5. The fourth-order valence-electron chi connectivity index (χ4n) is 2.39. The second-order valence-electron chi connectivity index (χ2n) is 5.15. The van der Waals surface area contributed by atoms with Gasteiger partial charge in [0.2, 0.25) is 0 Å². The average Bonchev–Trinajstić information content (AvgIpc) is 2.41. The number of benzene rings is 1. The zero-order valence-corrected chi connectivity index (χ0v) is 11.5. The minimum atomic E-state index is -0.0566. The maximum atomic E-state index is 12.5. The van der Waals surface area contributed by atoms with Gasteiger partial charge in [-0.2, -0.15) is 0 Å². The van der Waals surface area contributed by atoms with Crippen LogP contribution < -0.4 is 5.73 Å². The van der Waals surface area contributed by atoms with E-state index >= 15 is 0 Å². The molecule has 1 aromatic rings. The fraction of sp³-hybridized carbons (Fsp3) is 0.500. The Hall–Kier alpha value is -1.59.